The molecule has 3 atom stereocenters. The number of nitrogens with two attached hydrogens (primary N) is 1. The van der Waals surface area contributed by atoms with Crippen LogP contribution in [0.2, 0.25) is 0 Å². The van der Waals surface area contributed by atoms with Crippen molar-refractivity contribution in [2.75, 3.05) is 25.1 Å². The van der Waals surface area contributed by atoms with E-state index >= 15 is 0 Å². The normalized spacial score (nSPS) is 24.0. The van der Waals surface area contributed by atoms with Crippen molar-refractivity contribution in [1.29, 1.82) is 0 Å². The van der Waals surface area contributed by atoms with Crippen LogP contribution in [-0.4, -0.2) is 55.4 Å². The number of nitrogens with one attached hydrogen (secondary N) is 1. The van der Waals surface area contributed by atoms with Gasteiger partial charge in [0.2, 0.25) is 5.91 Å². The van der Waals surface area contributed by atoms with Gasteiger partial charge in [0.15, 0.2) is 0 Å². The molecule has 1 saturated heterocycles. The minimum Gasteiger partial charge on any atom is -0.483 e. The highest BCUT2D eigenvalue weighted by molar-refractivity contribution is 5.93. The number of aliphatic imine (C=N–C) groups is 1. The minimum atomic E-state index is -4.72. The molecule has 3 rings (SSSR count). The van der Waals surface area contributed by atoms with Gasteiger partial charge in [0.1, 0.15) is 29.7 Å². The summed E-state index contributed by atoms with van der Waals surface area (Å²) in [6.45, 7) is 1.90. The average molecular weight is 463 g/mol. The molecule has 1 aromatic carbocycles. The number of amidine groups is 1. The Balaban J connectivity index is 0.00000114. The third kappa shape index (κ3) is 6.63. The Hall–Kier alpha value is -2.73. The SMILES string of the molecule is C[C@@]1(c2cc(NC(=O)C(CC3CCCO3)C(F)(F)F)ccc2F)COCC(N)=N1.O=CO. The number of carbonyl (C=O) groups excluding carboxylic acids is 1. The van der Waals surface area contributed by atoms with E-state index in [1.165, 1.54) is 12.1 Å². The van der Waals surface area contributed by atoms with E-state index in [1.807, 2.05) is 0 Å². The third-order valence-corrected chi connectivity index (χ3v) is 5.07. The fourth-order valence-electron chi connectivity index (χ4n) is 3.60. The second-order valence-electron chi connectivity index (χ2n) is 7.62. The Morgan fingerprint density at radius 3 is 2.72 bits per heavy atom. The number of rotatable bonds is 5. The summed E-state index contributed by atoms with van der Waals surface area (Å²) in [5.41, 5.74) is 4.64. The van der Waals surface area contributed by atoms with Crippen LogP contribution in [0.5, 0.6) is 0 Å². The Morgan fingerprint density at radius 1 is 1.47 bits per heavy atom. The van der Waals surface area contributed by atoms with Crippen molar-refractivity contribution in [3.8, 4) is 0 Å². The Labute approximate surface area is 181 Å². The first-order valence-corrected chi connectivity index (χ1v) is 9.79. The minimum absolute atomic E-state index is 0.0357. The molecular weight excluding hydrogens is 438 g/mol. The Kier molecular flexibility index (Phi) is 8.56. The van der Waals surface area contributed by atoms with Gasteiger partial charge in [0.25, 0.3) is 6.47 Å². The number of anilines is 1. The summed E-state index contributed by atoms with van der Waals surface area (Å²) in [4.78, 5) is 25.0. The van der Waals surface area contributed by atoms with Crippen molar-refractivity contribution in [3.63, 3.8) is 0 Å². The largest absolute Gasteiger partial charge is 0.483 e. The van der Waals surface area contributed by atoms with Crippen LogP contribution in [0, 0.1) is 11.7 Å². The number of alkyl halides is 3. The van der Waals surface area contributed by atoms with Crippen LogP contribution in [0.3, 0.4) is 0 Å². The first-order valence-electron chi connectivity index (χ1n) is 9.79. The summed E-state index contributed by atoms with van der Waals surface area (Å²) in [6.07, 6.45) is -4.62. The van der Waals surface area contributed by atoms with Crippen LogP contribution in [-0.2, 0) is 24.6 Å². The molecule has 1 fully saturated rings. The molecule has 2 heterocycles. The summed E-state index contributed by atoms with van der Waals surface area (Å²) in [7, 11) is 0. The van der Waals surface area contributed by atoms with Crippen LogP contribution >= 0.6 is 0 Å². The molecule has 0 aliphatic carbocycles. The van der Waals surface area contributed by atoms with Gasteiger partial charge in [-0.2, -0.15) is 13.2 Å². The highest BCUT2D eigenvalue weighted by atomic mass is 19.4. The molecule has 1 aromatic rings. The van der Waals surface area contributed by atoms with E-state index in [0.717, 1.165) is 6.07 Å². The first-order chi connectivity index (χ1) is 15.0. The molecule has 2 aliphatic heterocycles. The quantitative estimate of drug-likeness (QED) is 0.456. The molecule has 4 N–H and O–H groups in total. The van der Waals surface area contributed by atoms with Gasteiger partial charge < -0.3 is 25.6 Å². The number of carbonyl (C=O) groups is 2. The van der Waals surface area contributed by atoms with Gasteiger partial charge in [-0.1, -0.05) is 0 Å². The number of halogens is 4. The molecule has 2 aliphatic rings. The van der Waals surface area contributed by atoms with Gasteiger partial charge in [0.05, 0.1) is 12.7 Å². The standard InChI is InChI=1S/C19H23F4N3O3.CH2O2/c1-18(10-28-9-16(24)26-18)13-7-11(4-5-15(13)20)25-17(27)14(19(21,22)23)8-12-3-2-6-29-12;2-1-3/h4-5,7,12,14H,2-3,6,8-10H2,1H3,(H2,24,26)(H,25,27);1H,(H,2,3)/t12?,14?,18-;/m0./s1. The van der Waals surface area contributed by atoms with Gasteiger partial charge in [-0.15, -0.1) is 0 Å². The van der Waals surface area contributed by atoms with E-state index in [9.17, 15) is 22.4 Å². The van der Waals surface area contributed by atoms with Crippen LogP contribution in [0.15, 0.2) is 23.2 Å². The highest BCUT2D eigenvalue weighted by Gasteiger charge is 2.46. The fraction of sp³-hybridized carbons (Fsp3) is 0.550. The fourth-order valence-corrected chi connectivity index (χ4v) is 3.60. The molecule has 0 radical (unpaired) electrons. The second-order valence-corrected chi connectivity index (χ2v) is 7.62. The van der Waals surface area contributed by atoms with Crippen LogP contribution in [0.1, 0.15) is 31.7 Å². The molecule has 178 valence electrons. The highest BCUT2D eigenvalue weighted by Crippen LogP contribution is 2.35. The van der Waals surface area contributed by atoms with E-state index < -0.39 is 41.9 Å². The first kappa shape index (κ1) is 25.5. The number of ether oxygens (including phenoxy) is 2. The maximum absolute atomic E-state index is 14.4. The lowest BCUT2D eigenvalue weighted by Crippen LogP contribution is -2.38. The lowest BCUT2D eigenvalue weighted by Gasteiger charge is -2.30. The maximum atomic E-state index is 14.4. The molecule has 0 aromatic heterocycles. The number of amides is 1. The van der Waals surface area contributed by atoms with Crippen molar-refractivity contribution in [3.05, 3.63) is 29.6 Å². The molecule has 32 heavy (non-hydrogen) atoms. The van der Waals surface area contributed by atoms with Crippen molar-refractivity contribution in [2.24, 2.45) is 16.6 Å². The lowest BCUT2D eigenvalue weighted by molar-refractivity contribution is -0.185. The predicted molar refractivity (Wildman–Crippen MR) is 107 cm³/mol. The number of benzene rings is 1. The van der Waals surface area contributed by atoms with E-state index in [4.69, 9.17) is 25.1 Å². The van der Waals surface area contributed by atoms with Crippen molar-refractivity contribution >= 4 is 23.9 Å². The smallest absolute Gasteiger partial charge is 0.400 e. The zero-order valence-corrected chi connectivity index (χ0v) is 17.3. The van der Waals surface area contributed by atoms with E-state index in [2.05, 4.69) is 10.3 Å². The van der Waals surface area contributed by atoms with Gasteiger partial charge in [-0.25, -0.2) is 4.39 Å². The number of nitrogens with zero attached hydrogens (tertiary/aromatic N) is 1. The third-order valence-electron chi connectivity index (χ3n) is 5.07. The molecule has 0 spiro atoms. The van der Waals surface area contributed by atoms with Crippen LogP contribution < -0.4 is 11.1 Å². The lowest BCUT2D eigenvalue weighted by atomic mass is 9.91. The molecule has 2 unspecified atom stereocenters. The predicted octanol–water partition coefficient (Wildman–Crippen LogP) is 2.82. The van der Waals surface area contributed by atoms with Crippen LogP contribution in [0.4, 0.5) is 23.2 Å². The molecule has 8 nitrogen and oxygen atoms in total. The van der Waals surface area contributed by atoms with E-state index in [-0.39, 0.29) is 36.8 Å². The zero-order valence-electron chi connectivity index (χ0n) is 17.3. The number of carboxylic acid groups (broad SMARTS) is 1. The maximum Gasteiger partial charge on any atom is 0.400 e. The average Bonchev–Trinajstić information content (AvgIpc) is 3.20. The van der Waals surface area contributed by atoms with Crippen molar-refractivity contribution in [1.82, 2.24) is 0 Å². The van der Waals surface area contributed by atoms with Gasteiger partial charge >= 0.3 is 6.18 Å². The van der Waals surface area contributed by atoms with Gasteiger partial charge in [0, 0.05) is 17.9 Å². The summed E-state index contributed by atoms with van der Waals surface area (Å²) in [5.74, 6) is -3.87. The molecular formula is C20H25F4N3O5. The van der Waals surface area contributed by atoms with E-state index in [1.54, 1.807) is 6.92 Å². The molecule has 0 bridgehead atoms. The summed E-state index contributed by atoms with van der Waals surface area (Å²) in [5, 5.41) is 9.14. The molecule has 1 amide bonds. The Morgan fingerprint density at radius 2 is 2.16 bits per heavy atom. The van der Waals surface area contributed by atoms with Crippen LogP contribution in [0.25, 0.3) is 0 Å². The number of hydrogen-bond acceptors (Lipinski definition) is 6. The molecule has 0 saturated carbocycles. The summed E-state index contributed by atoms with van der Waals surface area (Å²) in [6, 6.07) is 3.54. The second kappa shape index (κ2) is 10.7. The van der Waals surface area contributed by atoms with Gasteiger partial charge in [-0.05, 0) is 44.4 Å². The topological polar surface area (TPSA) is 123 Å². The number of hydrogen-bond donors (Lipinski definition) is 3. The van der Waals surface area contributed by atoms with Gasteiger partial charge in [-0.3, -0.25) is 14.6 Å². The van der Waals surface area contributed by atoms with E-state index in [0.29, 0.717) is 19.4 Å². The molecule has 12 heteroatoms. The van der Waals surface area contributed by atoms with Crippen molar-refractivity contribution in [2.45, 2.75) is 44.0 Å². The monoisotopic (exact) mass is 463 g/mol. The Bertz CT molecular complexity index is 843. The zero-order chi connectivity index (χ0) is 23.9. The summed E-state index contributed by atoms with van der Waals surface area (Å²) >= 11 is 0. The summed E-state index contributed by atoms with van der Waals surface area (Å²) < 4.78 is 65.3. The van der Waals surface area contributed by atoms with Crippen molar-refractivity contribution < 1.29 is 41.7 Å².